The number of hydrogen-bond acceptors (Lipinski definition) is 2. The summed E-state index contributed by atoms with van der Waals surface area (Å²) in [6, 6.07) is 111. The second kappa shape index (κ2) is 18.5. The number of fused-ring (bicyclic) bond motifs is 8. The van der Waals surface area contributed by atoms with Gasteiger partial charge in [-0.3, -0.25) is 0 Å². The predicted octanol–water partition coefficient (Wildman–Crippen LogP) is 20.0. The molecule has 12 aromatic rings. The lowest BCUT2D eigenvalue weighted by Crippen LogP contribution is -2.34. The predicted molar refractivity (Wildman–Crippen MR) is 329 cm³/mol. The molecule has 0 spiro atoms. The molecular formula is C77H55NS. The van der Waals surface area contributed by atoms with Crippen LogP contribution in [0, 0.1) is 0 Å². The van der Waals surface area contributed by atoms with Crippen molar-refractivity contribution in [2.75, 3.05) is 4.90 Å². The van der Waals surface area contributed by atoms with E-state index in [2.05, 4.69) is 316 Å². The van der Waals surface area contributed by atoms with Crippen LogP contribution in [0.15, 0.2) is 307 Å². The smallest absolute Gasteiger partial charge is 0.0723 e. The van der Waals surface area contributed by atoms with Crippen molar-refractivity contribution in [1.82, 2.24) is 0 Å². The third kappa shape index (κ3) is 7.11. The van der Waals surface area contributed by atoms with Crippen LogP contribution in [0.25, 0.3) is 44.5 Å². The van der Waals surface area contributed by atoms with Crippen molar-refractivity contribution in [2.24, 2.45) is 0 Å². The van der Waals surface area contributed by atoms with E-state index in [-0.39, 0.29) is 5.41 Å². The maximum Gasteiger partial charge on any atom is 0.0723 e. The molecule has 15 rings (SSSR count). The topological polar surface area (TPSA) is 3.24 Å². The molecule has 374 valence electrons. The Hall–Kier alpha value is -9.21. The summed E-state index contributed by atoms with van der Waals surface area (Å²) >= 11 is 1.87. The first-order valence-electron chi connectivity index (χ1n) is 27.6. The van der Waals surface area contributed by atoms with Gasteiger partial charge >= 0.3 is 0 Å². The van der Waals surface area contributed by atoms with Crippen LogP contribution in [0.2, 0.25) is 0 Å². The molecule has 0 unspecified atom stereocenters. The second-order valence-electron chi connectivity index (χ2n) is 21.9. The first-order chi connectivity index (χ1) is 38.9. The molecule has 1 heterocycles. The molecular weight excluding hydrogens is 971 g/mol. The van der Waals surface area contributed by atoms with E-state index in [4.69, 9.17) is 0 Å². The molecule has 1 nitrogen and oxygen atoms in total. The maximum atomic E-state index is 2.47. The first-order valence-corrected chi connectivity index (χ1v) is 28.4. The van der Waals surface area contributed by atoms with Crippen LogP contribution in [0.1, 0.15) is 69.5 Å². The van der Waals surface area contributed by atoms with Gasteiger partial charge in [-0.05, 0) is 155 Å². The van der Waals surface area contributed by atoms with Crippen LogP contribution < -0.4 is 4.90 Å². The van der Waals surface area contributed by atoms with E-state index >= 15 is 0 Å². The lowest BCUT2D eigenvalue weighted by atomic mass is 9.64. The van der Waals surface area contributed by atoms with Gasteiger partial charge in [0.05, 0.1) is 10.8 Å². The number of hydrogen-bond donors (Lipinski definition) is 0. The zero-order valence-electron chi connectivity index (χ0n) is 44.1. The van der Waals surface area contributed by atoms with Crippen LogP contribution >= 0.6 is 11.8 Å². The Morgan fingerprint density at radius 2 is 0.684 bits per heavy atom. The number of anilines is 3. The summed E-state index contributed by atoms with van der Waals surface area (Å²) in [4.78, 5) is 5.03. The summed E-state index contributed by atoms with van der Waals surface area (Å²) in [5.41, 5.74) is 25.0. The highest BCUT2D eigenvalue weighted by molar-refractivity contribution is 7.99. The highest BCUT2D eigenvalue weighted by atomic mass is 32.2. The van der Waals surface area contributed by atoms with Gasteiger partial charge in [0.2, 0.25) is 0 Å². The molecule has 2 aliphatic carbocycles. The largest absolute Gasteiger partial charge is 0.310 e. The molecule has 1 aliphatic heterocycles. The van der Waals surface area contributed by atoms with Gasteiger partial charge in [0, 0.05) is 32.3 Å². The molecule has 0 saturated carbocycles. The molecule has 0 aromatic heterocycles. The summed E-state index contributed by atoms with van der Waals surface area (Å²) in [7, 11) is 0. The zero-order chi connectivity index (χ0) is 52.7. The summed E-state index contributed by atoms with van der Waals surface area (Å²) < 4.78 is 0. The first kappa shape index (κ1) is 47.0. The van der Waals surface area contributed by atoms with Gasteiger partial charge < -0.3 is 4.90 Å². The van der Waals surface area contributed by atoms with Crippen molar-refractivity contribution in [1.29, 1.82) is 0 Å². The standard InChI is InChI=1S/C77H55NS/c1-75(2)66-37-12-11-35-65(66)74-62(36-22-42-71(74)75)52-45-47-59(48-46-52)78(61-32-21-30-58(51-61)76(55-25-5-3-6-26-55)67-38-13-9-33-63(67)64-34-10-14-39-68(64)76)60-31-20-24-54(50-60)53-23-19-29-57(49-53)77(56-27-7-4-8-28-56)69-40-15-17-43-72(69)79-73-44-18-16-41-70(73)77/h3-51H,1-2H3. The normalized spacial score (nSPS) is 14.5. The van der Waals surface area contributed by atoms with Crippen LogP contribution in [0.5, 0.6) is 0 Å². The molecule has 79 heavy (non-hydrogen) atoms. The number of rotatable bonds is 9. The van der Waals surface area contributed by atoms with E-state index in [1.807, 2.05) is 11.8 Å². The van der Waals surface area contributed by atoms with E-state index in [0.717, 1.165) is 28.2 Å². The minimum absolute atomic E-state index is 0.0851. The third-order valence-electron chi connectivity index (χ3n) is 17.5. The number of nitrogens with zero attached hydrogens (tertiary/aromatic N) is 1. The highest BCUT2D eigenvalue weighted by Crippen LogP contribution is 2.59. The van der Waals surface area contributed by atoms with Gasteiger partial charge in [0.1, 0.15) is 0 Å². The molecule has 0 saturated heterocycles. The van der Waals surface area contributed by atoms with Gasteiger partial charge in [-0.2, -0.15) is 0 Å². The molecule has 12 aromatic carbocycles. The van der Waals surface area contributed by atoms with Gasteiger partial charge in [0.15, 0.2) is 0 Å². The van der Waals surface area contributed by atoms with Crippen LogP contribution in [0.3, 0.4) is 0 Å². The van der Waals surface area contributed by atoms with E-state index in [1.165, 1.54) is 98.8 Å². The van der Waals surface area contributed by atoms with Crippen molar-refractivity contribution in [3.05, 3.63) is 353 Å². The van der Waals surface area contributed by atoms with Crippen molar-refractivity contribution in [3.63, 3.8) is 0 Å². The fraction of sp³-hybridized carbons (Fsp3) is 0.0649. The Balaban J connectivity index is 0.917. The average molecular weight is 1030 g/mol. The maximum absolute atomic E-state index is 2.47. The van der Waals surface area contributed by atoms with E-state index in [1.54, 1.807) is 0 Å². The summed E-state index contributed by atoms with van der Waals surface area (Å²) in [5.74, 6) is 0. The second-order valence-corrected chi connectivity index (χ2v) is 23.0. The monoisotopic (exact) mass is 1030 g/mol. The van der Waals surface area contributed by atoms with E-state index < -0.39 is 10.8 Å². The minimum Gasteiger partial charge on any atom is -0.310 e. The molecule has 0 amide bonds. The lowest BCUT2D eigenvalue weighted by molar-refractivity contribution is 0.660. The van der Waals surface area contributed by atoms with Gasteiger partial charge in [-0.15, -0.1) is 0 Å². The molecule has 0 N–H and O–H groups in total. The molecule has 0 bridgehead atoms. The van der Waals surface area contributed by atoms with Gasteiger partial charge in [-0.25, -0.2) is 0 Å². The lowest BCUT2D eigenvalue weighted by Gasteiger charge is -2.42. The van der Waals surface area contributed by atoms with E-state index in [9.17, 15) is 0 Å². The Morgan fingerprint density at radius 1 is 0.266 bits per heavy atom. The van der Waals surface area contributed by atoms with Crippen molar-refractivity contribution < 1.29 is 0 Å². The van der Waals surface area contributed by atoms with Crippen LogP contribution in [-0.4, -0.2) is 0 Å². The summed E-state index contributed by atoms with van der Waals surface area (Å²) in [5, 5.41) is 0. The molecule has 0 fully saturated rings. The van der Waals surface area contributed by atoms with Crippen LogP contribution in [-0.2, 0) is 16.2 Å². The van der Waals surface area contributed by atoms with Crippen molar-refractivity contribution in [3.8, 4) is 44.5 Å². The fourth-order valence-electron chi connectivity index (χ4n) is 14.1. The Bertz CT molecular complexity index is 4230. The molecule has 0 radical (unpaired) electrons. The molecule has 3 aliphatic rings. The SMILES string of the molecule is CC1(C)c2ccccc2-c2c(-c3ccc(N(c4cccc(-c5cccc(C6(c7ccccc7)c7ccccc7Sc7ccccc76)c5)c4)c4cccc(C5(c6ccccc6)c6ccccc6-c6ccccc65)c4)cc3)cccc21. The van der Waals surface area contributed by atoms with Crippen LogP contribution in [0.4, 0.5) is 17.1 Å². The average Bonchev–Trinajstić information content (AvgIpc) is 3.32. The Morgan fingerprint density at radius 3 is 1.30 bits per heavy atom. The van der Waals surface area contributed by atoms with E-state index in [0.29, 0.717) is 0 Å². The fourth-order valence-corrected chi connectivity index (χ4v) is 15.2. The minimum atomic E-state index is -0.552. The third-order valence-corrected chi connectivity index (χ3v) is 18.6. The highest BCUT2D eigenvalue weighted by Gasteiger charge is 2.47. The summed E-state index contributed by atoms with van der Waals surface area (Å²) in [6.45, 7) is 4.72. The summed E-state index contributed by atoms with van der Waals surface area (Å²) in [6.07, 6.45) is 0. The molecule has 0 atom stereocenters. The Labute approximate surface area is 468 Å². The van der Waals surface area contributed by atoms with Crippen molar-refractivity contribution >= 4 is 28.8 Å². The quantitative estimate of drug-likeness (QED) is 0.142. The Kier molecular flexibility index (Phi) is 11.0. The van der Waals surface area contributed by atoms with Gasteiger partial charge in [0.25, 0.3) is 0 Å². The van der Waals surface area contributed by atoms with Gasteiger partial charge in [-0.1, -0.05) is 268 Å². The number of benzene rings is 12. The molecule has 2 heteroatoms. The van der Waals surface area contributed by atoms with Crippen molar-refractivity contribution in [2.45, 2.75) is 39.9 Å². The zero-order valence-corrected chi connectivity index (χ0v) is 45.0.